The summed E-state index contributed by atoms with van der Waals surface area (Å²) in [6.45, 7) is -6.65. The molecule has 2 heterocycles. The summed E-state index contributed by atoms with van der Waals surface area (Å²) < 4.78 is 133. The summed E-state index contributed by atoms with van der Waals surface area (Å²) in [4.78, 5) is 12.7. The van der Waals surface area contributed by atoms with Crippen molar-refractivity contribution in [3.8, 4) is 0 Å². The fraction of sp³-hybridized carbons (Fsp3) is 0.278. The number of hydrogen-bond donors (Lipinski definition) is 1. The molecule has 21 heavy (non-hydrogen) atoms. The predicted molar refractivity (Wildman–Crippen MR) is 86.9 cm³/mol. The molecule has 0 amide bonds. The highest BCUT2D eigenvalue weighted by molar-refractivity contribution is 7.12. The lowest BCUT2D eigenvalue weighted by Crippen LogP contribution is -2.24. The van der Waals surface area contributed by atoms with Gasteiger partial charge >= 0.3 is 0 Å². The molecule has 106 valence electrons. The van der Waals surface area contributed by atoms with Gasteiger partial charge in [-0.25, -0.2) is 0 Å². The van der Waals surface area contributed by atoms with E-state index in [-0.39, 0.29) is 0 Å². The van der Waals surface area contributed by atoms with Crippen molar-refractivity contribution in [1.29, 1.82) is 0 Å². The van der Waals surface area contributed by atoms with Crippen molar-refractivity contribution in [1.82, 2.24) is 5.32 Å². The average molecular weight is 312 g/mol. The maximum Gasteiger partial charge on any atom is 0.177 e. The van der Waals surface area contributed by atoms with Crippen LogP contribution in [0.5, 0.6) is 0 Å². The van der Waals surface area contributed by atoms with Crippen molar-refractivity contribution >= 4 is 22.7 Å². The van der Waals surface area contributed by atoms with Crippen LogP contribution >= 0.6 is 11.3 Å². The molecular weight excluding hydrogens is 278 g/mol. The molecule has 2 nitrogen and oxygen atoms in total. The average Bonchev–Trinajstić information content (AvgIpc) is 3.00. The third-order valence-corrected chi connectivity index (χ3v) is 3.74. The van der Waals surface area contributed by atoms with E-state index >= 15 is 0 Å². The second kappa shape index (κ2) is 5.24. The summed E-state index contributed by atoms with van der Waals surface area (Å²) in [5.41, 5.74) is -4.94. The summed E-state index contributed by atoms with van der Waals surface area (Å²) in [5.74, 6) is -1.43. The molecule has 1 saturated heterocycles. The predicted octanol–water partition coefficient (Wildman–Crippen LogP) is 3.67. The number of Topliss-reactive ketones (excluding diaryl/α,β-unsaturated/α-hetero) is 1. The van der Waals surface area contributed by atoms with Gasteiger partial charge in [-0.2, -0.15) is 0 Å². The number of thiophene rings is 1. The third kappa shape index (κ3) is 2.17. The fourth-order valence-corrected chi connectivity index (χ4v) is 2.74. The number of hydrogen-bond acceptors (Lipinski definition) is 3. The number of carbonyl (C=O) groups excluding carboxylic acids is 1. The molecule has 4 rings (SSSR count). The van der Waals surface area contributed by atoms with Crippen molar-refractivity contribution in [3.63, 3.8) is 0 Å². The molecule has 1 fully saturated rings. The van der Waals surface area contributed by atoms with Gasteiger partial charge in [0.1, 0.15) is 0 Å². The maximum atomic E-state index is 13.4. The van der Waals surface area contributed by atoms with Gasteiger partial charge in [0.2, 0.25) is 0 Å². The molecule has 1 aliphatic carbocycles. The Balaban J connectivity index is 2.45. The second-order valence-electron chi connectivity index (χ2n) is 4.11. The molecule has 0 spiro atoms. The highest BCUT2D eigenvalue weighted by Gasteiger charge is 2.26. The first-order valence-electron chi connectivity index (χ1n) is 13.9. The molecule has 0 unspecified atom stereocenters. The van der Waals surface area contributed by atoms with Gasteiger partial charge in [0.25, 0.3) is 0 Å². The van der Waals surface area contributed by atoms with Crippen LogP contribution in [0.15, 0.2) is 41.1 Å². The topological polar surface area (TPSA) is 29.1 Å². The molecule has 1 N–H and O–H groups in total. The Morgan fingerprint density at radius 1 is 1.14 bits per heavy atom. The van der Waals surface area contributed by atoms with Crippen LogP contribution in [-0.2, 0) is 6.37 Å². The fourth-order valence-electron chi connectivity index (χ4n) is 2.09. The van der Waals surface area contributed by atoms with Crippen LogP contribution in [0, 0.1) is 0 Å². The van der Waals surface area contributed by atoms with Crippen molar-refractivity contribution < 1.29 is 26.7 Å². The van der Waals surface area contributed by atoms with Crippen molar-refractivity contribution in [3.05, 3.63) is 62.7 Å². The van der Waals surface area contributed by atoms with Gasteiger partial charge in [-0.3, -0.25) is 4.79 Å². The first-order chi connectivity index (χ1) is 16.6. The number of benzene rings is 1. The van der Waals surface area contributed by atoms with E-state index in [0.29, 0.717) is 11.3 Å². The van der Waals surface area contributed by atoms with Crippen LogP contribution in [0.4, 0.5) is 0 Å². The Hall–Kier alpha value is -1.71. The van der Waals surface area contributed by atoms with Crippen LogP contribution in [0.25, 0.3) is 5.57 Å². The molecule has 0 atom stereocenters. The number of nitrogens with one attached hydrogen (secondary N) is 1. The lowest BCUT2D eigenvalue weighted by molar-refractivity contribution is 0.0997. The molecule has 1 aromatic heterocycles. The first-order valence-corrected chi connectivity index (χ1v) is 6.68. The van der Waals surface area contributed by atoms with Gasteiger partial charge in [-0.1, -0.05) is 29.7 Å². The Morgan fingerprint density at radius 2 is 1.95 bits per heavy atom. The zero-order valence-corrected chi connectivity index (χ0v) is 11.1. The Morgan fingerprint density at radius 3 is 2.81 bits per heavy atom. The van der Waals surface area contributed by atoms with Gasteiger partial charge in [0.15, 0.2) is 5.78 Å². The maximum absolute atomic E-state index is 13.4. The smallest absolute Gasteiger partial charge is 0.177 e. The summed E-state index contributed by atoms with van der Waals surface area (Å²) in [6.07, 6.45) is -10.2. The molecule has 1 aromatic carbocycles. The summed E-state index contributed by atoms with van der Waals surface area (Å²) in [6, 6.07) is -4.82. The minimum atomic E-state index is -3.47. The lowest BCUT2D eigenvalue weighted by atomic mass is 9.88. The molecule has 0 radical (unpaired) electrons. The van der Waals surface area contributed by atoms with E-state index < -0.39 is 106 Å². The quantitative estimate of drug-likeness (QED) is 0.804. The number of carbonyl (C=O) groups is 1. The van der Waals surface area contributed by atoms with E-state index in [4.69, 9.17) is 21.9 Å². The number of fused-ring (bicyclic) bond motifs is 2. The number of rotatable bonds is 0. The largest absolute Gasteiger partial charge is 0.316 e. The minimum Gasteiger partial charge on any atom is -0.316 e. The van der Waals surface area contributed by atoms with E-state index in [2.05, 4.69) is 0 Å². The van der Waals surface area contributed by atoms with Crippen LogP contribution in [-0.4, -0.2) is 18.8 Å². The molecule has 2 aromatic rings. The zero-order chi connectivity index (χ0) is 28.4. The highest BCUT2D eigenvalue weighted by atomic mass is 32.1. The van der Waals surface area contributed by atoms with Gasteiger partial charge in [0, 0.05) is 25.6 Å². The van der Waals surface area contributed by atoms with Crippen LogP contribution < -0.4 is 5.32 Å². The van der Waals surface area contributed by atoms with E-state index in [9.17, 15) is 4.79 Å². The lowest BCUT2D eigenvalue weighted by Gasteiger charge is -2.21. The Kier molecular flexibility index (Phi) is 1.10. The zero-order valence-electron chi connectivity index (χ0n) is 26.3. The van der Waals surface area contributed by atoms with E-state index in [0.717, 1.165) is 0 Å². The SMILES string of the molecule is [2H]c1sc2c(c1[2H])C(=C1C([2H])([2H])C([2H])([2H])NC([2H])([2H])C1([2H])[2H])c1c([2H])c([2H])c([2H])c([2H])c1C([2H])([2H])C2=O. The molecule has 1 aliphatic heterocycles. The molecule has 2 aliphatic rings. The van der Waals surface area contributed by atoms with Crippen molar-refractivity contribution in [2.75, 3.05) is 13.0 Å². The summed E-state index contributed by atoms with van der Waals surface area (Å²) in [7, 11) is 0. The molecule has 0 bridgehead atoms. The number of ketones is 1. The first kappa shape index (κ1) is 4.40. The monoisotopic (exact) mass is 311 g/mol. The minimum absolute atomic E-state index is 0.290. The molecular formula is C18H17NOS. The molecule has 3 heteroatoms. The van der Waals surface area contributed by atoms with E-state index in [1.807, 2.05) is 0 Å². The van der Waals surface area contributed by atoms with Crippen LogP contribution in [0.2, 0.25) is 0 Å². The normalized spacial score (nSPS) is 41.2. The summed E-state index contributed by atoms with van der Waals surface area (Å²) in [5, 5.41) is 1.02. The van der Waals surface area contributed by atoms with Gasteiger partial charge < -0.3 is 5.32 Å². The third-order valence-electron chi connectivity index (χ3n) is 2.94. The summed E-state index contributed by atoms with van der Waals surface area (Å²) >= 11 is 0.290. The van der Waals surface area contributed by atoms with E-state index in [1.165, 1.54) is 0 Å². The van der Waals surface area contributed by atoms with Crippen molar-refractivity contribution in [2.45, 2.75) is 19.1 Å². The standard InChI is InChI=1S/C18H17NOS/c20-16-11-13-3-1-2-4-14(13)17(12-5-8-19-9-6-12)15-7-10-21-18(15)16/h1-4,7,10,19H,5-6,8-9,11H2/i1D,2D,3D,4D,5D2,6D2,7D,8D2,9D2,10D,11D2. The van der Waals surface area contributed by atoms with Crippen molar-refractivity contribution in [2.24, 2.45) is 0 Å². The Bertz CT molecular complexity index is 1390. The van der Waals surface area contributed by atoms with Crippen LogP contribution in [0.3, 0.4) is 0 Å². The highest BCUT2D eigenvalue weighted by Crippen LogP contribution is 2.39. The molecule has 0 saturated carbocycles. The Labute approximate surface area is 151 Å². The van der Waals surface area contributed by atoms with E-state index in [1.54, 1.807) is 5.32 Å². The van der Waals surface area contributed by atoms with Gasteiger partial charge in [-0.15, -0.1) is 11.3 Å². The van der Waals surface area contributed by atoms with Gasteiger partial charge in [0.05, 0.1) is 13.1 Å². The number of piperidine rings is 1. The second-order valence-corrected chi connectivity index (χ2v) is 4.93. The van der Waals surface area contributed by atoms with Gasteiger partial charge in [-0.05, 0) is 53.8 Å². The van der Waals surface area contributed by atoms with Crippen LogP contribution in [0.1, 0.15) is 61.0 Å².